The first-order chi connectivity index (χ1) is 35.5. The van der Waals surface area contributed by atoms with Crippen molar-refractivity contribution in [2.45, 2.75) is 303 Å². The van der Waals surface area contributed by atoms with Crippen molar-refractivity contribution in [2.24, 2.45) is 0 Å². The average Bonchev–Trinajstić information content (AvgIpc) is 3.38. The maximum Gasteiger partial charge on any atom is 0.306 e. The van der Waals surface area contributed by atoms with Crippen LogP contribution < -0.4 is 0 Å². The Balaban J connectivity index is 4.40. The largest absolute Gasteiger partial charge is 0.462 e. The third-order valence-electron chi connectivity index (χ3n) is 13.1. The molecule has 0 amide bonds. The van der Waals surface area contributed by atoms with Crippen molar-refractivity contribution in [2.75, 3.05) is 13.2 Å². The number of unbranched alkanes of at least 4 members (excludes halogenated alkanes) is 30. The minimum absolute atomic E-state index is 0.104. The van der Waals surface area contributed by atoms with Crippen molar-refractivity contribution in [3.63, 3.8) is 0 Å². The van der Waals surface area contributed by atoms with Crippen LogP contribution in [0.1, 0.15) is 297 Å². The molecule has 0 saturated carbocycles. The molecule has 0 aromatic heterocycles. The van der Waals surface area contributed by atoms with Crippen LogP contribution in [0.15, 0.2) is 85.1 Å². The second-order valence-corrected chi connectivity index (χ2v) is 20.2. The summed E-state index contributed by atoms with van der Waals surface area (Å²) in [5.74, 6) is -0.989. The fraction of sp³-hybridized carbons (Fsp3) is 0.742. The van der Waals surface area contributed by atoms with Crippen LogP contribution in [0.2, 0.25) is 0 Å². The average molecular weight is 1000 g/mol. The molecule has 72 heavy (non-hydrogen) atoms. The SMILES string of the molecule is CC/C=C\C/C=C\C/C=C\C/C=C\CCC(=O)OCC(COC(=O)CCCCCCCC/C=C\C/C=C\C/C=C\CCCCCCC)OC(=O)CCCCCCCCCCCCCCCCCCCCCC. The summed E-state index contributed by atoms with van der Waals surface area (Å²) in [5.41, 5.74) is 0. The van der Waals surface area contributed by atoms with E-state index >= 15 is 0 Å². The van der Waals surface area contributed by atoms with Crippen LogP contribution in [-0.4, -0.2) is 37.2 Å². The van der Waals surface area contributed by atoms with E-state index in [1.165, 1.54) is 167 Å². The molecule has 0 N–H and O–H groups in total. The molecule has 0 spiro atoms. The predicted octanol–water partition coefficient (Wildman–Crippen LogP) is 20.7. The number of esters is 3. The molecule has 6 heteroatoms. The van der Waals surface area contributed by atoms with Gasteiger partial charge in [-0.1, -0.05) is 279 Å². The molecule has 1 atom stereocenters. The normalized spacial score (nSPS) is 12.7. The van der Waals surface area contributed by atoms with Crippen LogP contribution in [-0.2, 0) is 28.6 Å². The highest BCUT2D eigenvalue weighted by molar-refractivity contribution is 5.71. The van der Waals surface area contributed by atoms with Crippen molar-refractivity contribution in [3.05, 3.63) is 85.1 Å². The third kappa shape index (κ3) is 57.5. The Labute approximate surface area is 445 Å². The van der Waals surface area contributed by atoms with Gasteiger partial charge in [0, 0.05) is 19.3 Å². The molecule has 0 aliphatic heterocycles. The van der Waals surface area contributed by atoms with Gasteiger partial charge in [-0.05, 0) is 83.5 Å². The standard InChI is InChI=1S/C66H114O6/c1-4-7-10-13-16-19-22-25-27-29-31-33-35-36-38-41-44-47-50-53-56-59-65(68)71-62-63(61-70-64(67)58-55-52-49-46-43-40-24-21-18-15-12-9-6-3)72-66(69)60-57-54-51-48-45-42-39-37-34-32-30-28-26-23-20-17-14-11-8-5-2/h9,12,18,21-22,25,29,31,35-36,40,43,49,52,63H,4-8,10-11,13-17,19-20,23-24,26-28,30,32-34,37-39,41-42,44-48,50-51,53-62H2,1-3H3/b12-9-,21-18-,25-22-,31-29-,36-35-,43-40-,52-49-. The van der Waals surface area contributed by atoms with Crippen molar-refractivity contribution < 1.29 is 28.6 Å². The summed E-state index contributed by atoms with van der Waals surface area (Å²) in [5, 5.41) is 0. The van der Waals surface area contributed by atoms with E-state index in [-0.39, 0.29) is 37.5 Å². The molecule has 6 nitrogen and oxygen atoms in total. The second-order valence-electron chi connectivity index (χ2n) is 20.2. The van der Waals surface area contributed by atoms with Crippen molar-refractivity contribution >= 4 is 17.9 Å². The predicted molar refractivity (Wildman–Crippen MR) is 311 cm³/mol. The lowest BCUT2D eigenvalue weighted by Crippen LogP contribution is -2.30. The van der Waals surface area contributed by atoms with Gasteiger partial charge in [0.15, 0.2) is 6.10 Å². The first kappa shape index (κ1) is 68.6. The minimum Gasteiger partial charge on any atom is -0.462 e. The maximum atomic E-state index is 12.9. The van der Waals surface area contributed by atoms with E-state index in [9.17, 15) is 14.4 Å². The molecule has 0 aromatic carbocycles. The monoisotopic (exact) mass is 1000 g/mol. The number of ether oxygens (including phenoxy) is 3. The first-order valence-corrected chi connectivity index (χ1v) is 30.6. The van der Waals surface area contributed by atoms with Gasteiger partial charge in [0.05, 0.1) is 0 Å². The Hall–Kier alpha value is -3.41. The van der Waals surface area contributed by atoms with Gasteiger partial charge in [-0.3, -0.25) is 14.4 Å². The van der Waals surface area contributed by atoms with Gasteiger partial charge >= 0.3 is 17.9 Å². The van der Waals surface area contributed by atoms with Crippen molar-refractivity contribution in [1.29, 1.82) is 0 Å². The number of carbonyl (C=O) groups excluding carboxylic acids is 3. The van der Waals surface area contributed by atoms with Crippen LogP contribution in [0.3, 0.4) is 0 Å². The molecule has 0 radical (unpaired) electrons. The third-order valence-corrected chi connectivity index (χ3v) is 13.1. The van der Waals surface area contributed by atoms with Gasteiger partial charge in [0.1, 0.15) is 13.2 Å². The molecule has 0 heterocycles. The maximum absolute atomic E-state index is 12.9. The van der Waals surface area contributed by atoms with E-state index in [1.807, 2.05) is 6.08 Å². The topological polar surface area (TPSA) is 78.9 Å². The Morgan fingerprint density at radius 3 is 0.931 bits per heavy atom. The zero-order valence-corrected chi connectivity index (χ0v) is 47.4. The highest BCUT2D eigenvalue weighted by Crippen LogP contribution is 2.16. The zero-order valence-electron chi connectivity index (χ0n) is 47.4. The summed E-state index contributed by atoms with van der Waals surface area (Å²) in [6.45, 7) is 6.47. The van der Waals surface area contributed by atoms with Crippen LogP contribution in [0.4, 0.5) is 0 Å². The van der Waals surface area contributed by atoms with E-state index in [0.29, 0.717) is 19.3 Å². The van der Waals surface area contributed by atoms with Crippen LogP contribution >= 0.6 is 0 Å². The van der Waals surface area contributed by atoms with E-state index in [4.69, 9.17) is 14.2 Å². The van der Waals surface area contributed by atoms with E-state index in [1.54, 1.807) is 0 Å². The van der Waals surface area contributed by atoms with Crippen molar-refractivity contribution in [3.8, 4) is 0 Å². The summed E-state index contributed by atoms with van der Waals surface area (Å²) in [4.78, 5) is 38.2. The molecular formula is C66H114O6. The van der Waals surface area contributed by atoms with Crippen LogP contribution in [0.5, 0.6) is 0 Å². The van der Waals surface area contributed by atoms with Crippen molar-refractivity contribution in [1.82, 2.24) is 0 Å². The number of hydrogen-bond acceptors (Lipinski definition) is 6. The summed E-state index contributed by atoms with van der Waals surface area (Å²) in [6, 6.07) is 0. The van der Waals surface area contributed by atoms with Gasteiger partial charge < -0.3 is 14.2 Å². The van der Waals surface area contributed by atoms with Gasteiger partial charge in [0.25, 0.3) is 0 Å². The summed E-state index contributed by atoms with van der Waals surface area (Å²) >= 11 is 0. The fourth-order valence-electron chi connectivity index (χ4n) is 8.58. The summed E-state index contributed by atoms with van der Waals surface area (Å²) in [7, 11) is 0. The first-order valence-electron chi connectivity index (χ1n) is 30.6. The van der Waals surface area contributed by atoms with Gasteiger partial charge in [-0.2, -0.15) is 0 Å². The van der Waals surface area contributed by atoms with Gasteiger partial charge in [-0.15, -0.1) is 0 Å². The lowest BCUT2D eigenvalue weighted by Gasteiger charge is -2.18. The second kappa shape index (κ2) is 60.1. The number of rotatable bonds is 55. The Bertz CT molecular complexity index is 1380. The Morgan fingerprint density at radius 1 is 0.292 bits per heavy atom. The molecule has 0 fully saturated rings. The smallest absolute Gasteiger partial charge is 0.306 e. The molecule has 0 aliphatic rings. The summed E-state index contributed by atoms with van der Waals surface area (Å²) in [6.07, 6.45) is 78.9. The number of carbonyl (C=O) groups is 3. The zero-order chi connectivity index (χ0) is 52.2. The molecule has 1 unspecified atom stereocenters. The number of allylic oxidation sites excluding steroid dienone is 14. The summed E-state index contributed by atoms with van der Waals surface area (Å²) < 4.78 is 16.8. The highest BCUT2D eigenvalue weighted by atomic mass is 16.6. The van der Waals surface area contributed by atoms with Gasteiger partial charge in [0.2, 0.25) is 0 Å². The molecule has 0 aromatic rings. The van der Waals surface area contributed by atoms with Gasteiger partial charge in [-0.25, -0.2) is 0 Å². The molecule has 0 bridgehead atoms. The lowest BCUT2D eigenvalue weighted by molar-refractivity contribution is -0.166. The molecule has 0 rings (SSSR count). The lowest BCUT2D eigenvalue weighted by atomic mass is 10.0. The highest BCUT2D eigenvalue weighted by Gasteiger charge is 2.19. The van der Waals surface area contributed by atoms with E-state index in [2.05, 4.69) is 99.8 Å². The fourth-order valence-corrected chi connectivity index (χ4v) is 8.58. The van der Waals surface area contributed by atoms with E-state index in [0.717, 1.165) is 83.5 Å². The Kier molecular flexibility index (Phi) is 57.3. The quantitative estimate of drug-likeness (QED) is 0.0261. The molecule has 0 saturated heterocycles. The van der Waals surface area contributed by atoms with Crippen LogP contribution in [0.25, 0.3) is 0 Å². The van der Waals surface area contributed by atoms with Crippen LogP contribution in [0, 0.1) is 0 Å². The number of hydrogen-bond donors (Lipinski definition) is 0. The van der Waals surface area contributed by atoms with E-state index < -0.39 is 6.10 Å². The molecular weight excluding hydrogens is 889 g/mol. The molecule has 414 valence electrons. The minimum atomic E-state index is -0.810. The molecule has 0 aliphatic carbocycles. The Morgan fingerprint density at radius 2 is 0.569 bits per heavy atom.